The number of hydrogen-bond donors (Lipinski definition) is 0. The summed E-state index contributed by atoms with van der Waals surface area (Å²) in [6, 6.07) is 92.9. The normalized spacial score (nSPS) is 13.0. The zero-order chi connectivity index (χ0) is 47.8. The minimum Gasteiger partial charge on any atom is -0.456 e. The van der Waals surface area contributed by atoms with Gasteiger partial charge in [0.1, 0.15) is 22.3 Å². The molecule has 0 aliphatic heterocycles. The molecule has 0 amide bonds. The summed E-state index contributed by atoms with van der Waals surface area (Å²) >= 11 is 0. The number of fused-ring (bicyclic) bond motifs is 20. The molecule has 2 aliphatic carbocycles. The van der Waals surface area contributed by atoms with Crippen LogP contribution in [0.15, 0.2) is 264 Å². The van der Waals surface area contributed by atoms with Crippen LogP contribution in [0.1, 0.15) is 22.3 Å². The molecule has 0 N–H and O–H groups in total. The molecule has 16 rings (SSSR count). The van der Waals surface area contributed by atoms with Gasteiger partial charge < -0.3 is 18.6 Å². The molecule has 0 saturated carbocycles. The second-order valence-corrected chi connectivity index (χ2v) is 19.5. The lowest BCUT2D eigenvalue weighted by Crippen LogP contribution is -2.26. The third kappa shape index (κ3) is 5.66. The zero-order valence-corrected chi connectivity index (χ0v) is 39.5. The fourth-order valence-electron chi connectivity index (χ4n) is 12.8. The van der Waals surface area contributed by atoms with Crippen molar-refractivity contribution in [3.05, 3.63) is 277 Å². The van der Waals surface area contributed by atoms with Crippen molar-refractivity contribution >= 4 is 99.5 Å². The summed E-state index contributed by atoms with van der Waals surface area (Å²) in [6.45, 7) is 0. The predicted molar refractivity (Wildman–Crippen MR) is 302 cm³/mol. The largest absolute Gasteiger partial charge is 0.456 e. The van der Waals surface area contributed by atoms with Crippen molar-refractivity contribution in [2.45, 2.75) is 5.41 Å². The van der Waals surface area contributed by atoms with E-state index >= 15 is 0 Å². The van der Waals surface area contributed by atoms with E-state index < -0.39 is 5.41 Å². The van der Waals surface area contributed by atoms with Crippen molar-refractivity contribution in [1.82, 2.24) is 0 Å². The molecule has 4 heteroatoms. The first-order valence-electron chi connectivity index (χ1n) is 25.1. The molecule has 340 valence electrons. The van der Waals surface area contributed by atoms with Crippen molar-refractivity contribution in [3.8, 4) is 22.3 Å². The molecule has 0 saturated heterocycles. The summed E-state index contributed by atoms with van der Waals surface area (Å²) in [4.78, 5) is 4.70. The maximum Gasteiger partial charge on any atom is 0.137 e. The van der Waals surface area contributed by atoms with E-state index in [9.17, 15) is 0 Å². The molecule has 0 radical (unpaired) electrons. The lowest BCUT2D eigenvalue weighted by molar-refractivity contribution is 0.668. The van der Waals surface area contributed by atoms with Crippen LogP contribution in [-0.2, 0) is 5.41 Å². The van der Waals surface area contributed by atoms with Gasteiger partial charge in [0.25, 0.3) is 0 Å². The number of para-hydroxylation sites is 4. The highest BCUT2D eigenvalue weighted by atomic mass is 16.3. The molecule has 0 atom stereocenters. The van der Waals surface area contributed by atoms with Crippen molar-refractivity contribution in [1.29, 1.82) is 0 Å². The average molecular weight is 931 g/mol. The number of rotatable bonds is 6. The fourth-order valence-corrected chi connectivity index (χ4v) is 12.8. The third-order valence-corrected chi connectivity index (χ3v) is 15.8. The molecular formula is C69H42N2O2. The lowest BCUT2D eigenvalue weighted by atomic mass is 9.68. The number of nitrogens with zero attached hydrogens (tertiary/aromatic N) is 2. The van der Waals surface area contributed by atoms with Crippen molar-refractivity contribution < 1.29 is 8.83 Å². The highest BCUT2D eigenvalue weighted by molar-refractivity contribution is 6.11. The molecule has 73 heavy (non-hydrogen) atoms. The summed E-state index contributed by atoms with van der Waals surface area (Å²) in [5.74, 6) is 0. The van der Waals surface area contributed by atoms with E-state index in [0.717, 1.165) is 78.0 Å². The Morgan fingerprint density at radius 1 is 0.247 bits per heavy atom. The number of benzene rings is 12. The van der Waals surface area contributed by atoms with Gasteiger partial charge in [0, 0.05) is 67.8 Å². The Hall–Kier alpha value is -9.64. The summed E-state index contributed by atoms with van der Waals surface area (Å²) < 4.78 is 12.9. The predicted octanol–water partition coefficient (Wildman–Crippen LogP) is 19.1. The van der Waals surface area contributed by atoms with E-state index in [1.165, 1.54) is 66.1 Å². The van der Waals surface area contributed by atoms with E-state index in [0.29, 0.717) is 0 Å². The number of hydrogen-bond acceptors (Lipinski definition) is 4. The minimum atomic E-state index is -0.587. The van der Waals surface area contributed by atoms with Crippen LogP contribution >= 0.6 is 0 Å². The summed E-state index contributed by atoms with van der Waals surface area (Å²) in [7, 11) is 0. The smallest absolute Gasteiger partial charge is 0.137 e. The van der Waals surface area contributed by atoms with E-state index in [4.69, 9.17) is 8.83 Å². The highest BCUT2D eigenvalue weighted by Gasteiger charge is 2.53. The van der Waals surface area contributed by atoms with Crippen LogP contribution in [0.2, 0.25) is 0 Å². The van der Waals surface area contributed by atoms with Gasteiger partial charge in [0.15, 0.2) is 0 Å². The van der Waals surface area contributed by atoms with Gasteiger partial charge in [0.05, 0.1) is 5.41 Å². The molecule has 2 aliphatic rings. The van der Waals surface area contributed by atoms with Crippen LogP contribution in [0.25, 0.3) is 87.7 Å². The summed E-state index contributed by atoms with van der Waals surface area (Å²) in [5.41, 5.74) is 19.7. The topological polar surface area (TPSA) is 32.8 Å². The average Bonchev–Trinajstić information content (AvgIpc) is 4.19. The number of anilines is 6. The van der Waals surface area contributed by atoms with Crippen molar-refractivity contribution in [3.63, 3.8) is 0 Å². The maximum absolute atomic E-state index is 6.46. The first kappa shape index (κ1) is 40.1. The molecule has 12 aromatic carbocycles. The van der Waals surface area contributed by atoms with Gasteiger partial charge in [-0.05, 0) is 151 Å². The maximum atomic E-state index is 6.46. The summed E-state index contributed by atoms with van der Waals surface area (Å²) in [6.07, 6.45) is 0. The Bertz CT molecular complexity index is 4290. The van der Waals surface area contributed by atoms with Gasteiger partial charge >= 0.3 is 0 Å². The second kappa shape index (κ2) is 15.2. The quantitative estimate of drug-likeness (QED) is 0.166. The molecule has 2 aromatic heterocycles. The molecule has 14 aromatic rings. The van der Waals surface area contributed by atoms with E-state index in [1.807, 2.05) is 24.3 Å². The molecule has 4 nitrogen and oxygen atoms in total. The zero-order valence-electron chi connectivity index (χ0n) is 39.5. The lowest BCUT2D eigenvalue weighted by Gasteiger charge is -2.33. The van der Waals surface area contributed by atoms with E-state index in [-0.39, 0.29) is 0 Å². The molecule has 2 heterocycles. The monoisotopic (exact) mass is 930 g/mol. The third-order valence-electron chi connectivity index (χ3n) is 15.8. The molecule has 0 unspecified atom stereocenters. The molecular weight excluding hydrogens is 889 g/mol. The Morgan fingerprint density at radius 2 is 0.616 bits per heavy atom. The van der Waals surface area contributed by atoms with Crippen LogP contribution in [0.4, 0.5) is 34.1 Å². The Kier molecular flexibility index (Phi) is 8.35. The Labute approximate surface area is 420 Å². The minimum absolute atomic E-state index is 0.587. The molecule has 0 bridgehead atoms. The van der Waals surface area contributed by atoms with Crippen molar-refractivity contribution in [2.24, 2.45) is 0 Å². The Balaban J connectivity index is 0.902. The van der Waals surface area contributed by atoms with Gasteiger partial charge in [-0.2, -0.15) is 0 Å². The van der Waals surface area contributed by atoms with Crippen LogP contribution < -0.4 is 9.80 Å². The SMILES string of the molecule is c1ccc(N(c2ccc3c4c(ccc3c2)-c2ccc3cc(N(c5ccccc5)c5ccc6c(c5)oc5ccccc56)ccc3c2C42c3ccccc3-c3ccccc32)c2ccc3c(c2)oc2ccccc23)cc1. The first-order valence-corrected chi connectivity index (χ1v) is 25.1. The summed E-state index contributed by atoms with van der Waals surface area (Å²) in [5, 5.41) is 9.32. The van der Waals surface area contributed by atoms with Gasteiger partial charge in [-0.25, -0.2) is 0 Å². The first-order chi connectivity index (χ1) is 36.2. The van der Waals surface area contributed by atoms with Gasteiger partial charge in [-0.15, -0.1) is 0 Å². The van der Waals surface area contributed by atoms with Gasteiger partial charge in [-0.1, -0.05) is 158 Å². The van der Waals surface area contributed by atoms with Crippen molar-refractivity contribution in [2.75, 3.05) is 9.80 Å². The van der Waals surface area contributed by atoms with E-state index in [1.54, 1.807) is 0 Å². The standard InChI is InChI=1S/C69H42N2O2/c1-3-15-45(16-4-1)70(49-31-37-57-55-21-9-13-25-63(55)72-65(57)41-49)47-29-35-51-43(39-47)27-33-59-60-34-28-44-40-48(71(46-17-5-2-6-18-46)50-32-38-58-56-22-10-14-26-64(56)73-66(58)42-50)30-36-52(44)68(60)69(67(51)59)61-23-11-7-19-53(61)54-20-8-12-24-62(54)69/h1-42H. The van der Waals surface area contributed by atoms with Gasteiger partial charge in [-0.3, -0.25) is 0 Å². The molecule has 1 spiro atoms. The molecule has 0 fully saturated rings. The van der Waals surface area contributed by atoms with Crippen LogP contribution in [-0.4, -0.2) is 0 Å². The highest BCUT2D eigenvalue weighted by Crippen LogP contribution is 2.65. The Morgan fingerprint density at radius 3 is 1.08 bits per heavy atom. The van der Waals surface area contributed by atoms with Crippen LogP contribution in [0.5, 0.6) is 0 Å². The fraction of sp³-hybridized carbons (Fsp3) is 0.0145. The second-order valence-electron chi connectivity index (χ2n) is 19.5. The van der Waals surface area contributed by atoms with E-state index in [2.05, 4.69) is 240 Å². The van der Waals surface area contributed by atoms with Gasteiger partial charge in [0.2, 0.25) is 0 Å². The number of furan rings is 2. The van der Waals surface area contributed by atoms with Crippen LogP contribution in [0.3, 0.4) is 0 Å². The van der Waals surface area contributed by atoms with Crippen LogP contribution in [0, 0.1) is 0 Å².